The van der Waals surface area contributed by atoms with Gasteiger partial charge in [0.25, 0.3) is 0 Å². The Hall–Kier alpha value is -3.13. The quantitative estimate of drug-likeness (QED) is 0.296. The van der Waals surface area contributed by atoms with Crippen LogP contribution in [0.3, 0.4) is 0 Å². The van der Waals surface area contributed by atoms with Crippen molar-refractivity contribution >= 4 is 29.5 Å². The second kappa shape index (κ2) is 11.5. The lowest BCUT2D eigenvalue weighted by Crippen LogP contribution is -2.69. The zero-order valence-electron chi connectivity index (χ0n) is 22.8. The van der Waals surface area contributed by atoms with Gasteiger partial charge in [-0.1, -0.05) is 61.4 Å². The Labute approximate surface area is 235 Å². The summed E-state index contributed by atoms with van der Waals surface area (Å²) in [5.41, 5.74) is 0.187. The summed E-state index contributed by atoms with van der Waals surface area (Å²) in [5.74, 6) is 0.448. The number of hydrogen-bond acceptors (Lipinski definition) is 7. The second-order valence-electron chi connectivity index (χ2n) is 11.8. The Morgan fingerprint density at radius 2 is 1.62 bits per heavy atom. The number of carbonyl (C=O) groups is 2. The van der Waals surface area contributed by atoms with Gasteiger partial charge >= 0.3 is 17.3 Å². The van der Waals surface area contributed by atoms with Crippen LogP contribution in [-0.2, 0) is 25.6 Å². The molecule has 0 N–H and O–H groups in total. The smallest absolute Gasteiger partial charge is 0.411 e. The Bertz CT molecular complexity index is 1160. The summed E-state index contributed by atoms with van der Waals surface area (Å²) in [5, 5.41) is 0.0276. The fraction of sp³-hybridized carbons (Fsp3) is 0.516. The first-order valence-corrected chi connectivity index (χ1v) is 14.3. The molecule has 6 rings (SSSR count). The maximum absolute atomic E-state index is 13.7. The lowest BCUT2D eigenvalue weighted by Gasteiger charge is -2.56. The lowest BCUT2D eigenvalue weighted by molar-refractivity contribution is -0.176. The molecule has 4 aliphatic rings. The van der Waals surface area contributed by atoms with Gasteiger partial charge in [-0.05, 0) is 63.6 Å². The number of amides is 1. The first kappa shape index (κ1) is 27.4. The molecule has 2 aromatic rings. The lowest BCUT2D eigenvalue weighted by atomic mass is 9.65. The molecule has 39 heavy (non-hydrogen) atoms. The van der Waals surface area contributed by atoms with Crippen molar-refractivity contribution in [3.63, 3.8) is 0 Å². The van der Waals surface area contributed by atoms with E-state index in [4.69, 9.17) is 31.2 Å². The van der Waals surface area contributed by atoms with Gasteiger partial charge in [-0.25, -0.2) is 9.59 Å². The number of benzene rings is 2. The van der Waals surface area contributed by atoms with Gasteiger partial charge in [0.05, 0.1) is 0 Å². The van der Waals surface area contributed by atoms with Gasteiger partial charge in [-0.3, -0.25) is 4.90 Å². The fourth-order valence-electron chi connectivity index (χ4n) is 5.96. The Morgan fingerprint density at radius 1 is 0.949 bits per heavy atom. The second-order valence-corrected chi connectivity index (χ2v) is 12.2. The Kier molecular flexibility index (Phi) is 8.12. The molecule has 0 spiro atoms. The average molecular weight is 552 g/mol. The van der Waals surface area contributed by atoms with Crippen molar-refractivity contribution in [2.75, 3.05) is 0 Å². The SMILES string of the molecule is CC(C)(C)OC(=O)N1[C@H](C(=O)OCc2ccccc2)[C@@H]2CC[C@H]1[C@H](CC1CC1)[C@@H]2OC(=S)Oc1ccccc1. The number of carbonyl (C=O) groups excluding carboxylic acids is 2. The summed E-state index contributed by atoms with van der Waals surface area (Å²) in [6, 6.07) is 17.8. The molecule has 0 unspecified atom stereocenters. The van der Waals surface area contributed by atoms with Crippen LogP contribution in [0.1, 0.15) is 58.4 Å². The summed E-state index contributed by atoms with van der Waals surface area (Å²) in [6.45, 7) is 5.64. The van der Waals surface area contributed by atoms with E-state index in [2.05, 4.69) is 0 Å². The van der Waals surface area contributed by atoms with E-state index in [1.54, 1.807) is 4.90 Å². The van der Waals surface area contributed by atoms with E-state index in [1.165, 1.54) is 12.8 Å². The van der Waals surface area contributed by atoms with Crippen LogP contribution in [-0.4, -0.2) is 46.0 Å². The fourth-order valence-corrected chi connectivity index (χ4v) is 6.17. The number of fused-ring (bicyclic) bond motifs is 3. The molecule has 0 aromatic heterocycles. The van der Waals surface area contributed by atoms with Gasteiger partial charge < -0.3 is 18.9 Å². The van der Waals surface area contributed by atoms with Crippen molar-refractivity contribution < 1.29 is 28.5 Å². The summed E-state index contributed by atoms with van der Waals surface area (Å²) >= 11 is 5.52. The highest BCUT2D eigenvalue weighted by Crippen LogP contribution is 2.50. The largest absolute Gasteiger partial charge is 0.459 e. The molecule has 2 aromatic carbocycles. The van der Waals surface area contributed by atoms with Crippen molar-refractivity contribution in [1.29, 1.82) is 0 Å². The predicted molar refractivity (Wildman–Crippen MR) is 150 cm³/mol. The standard InChI is InChI=1S/C31H37NO6S/c1-31(2,3)38-29(34)32-25-17-16-23(26(32)28(33)35-19-21-10-6-4-7-11-21)27(24(25)18-20-14-15-20)37-30(39)36-22-12-8-5-9-13-22/h4-13,20,23-27H,14-19H2,1-3H3/t23-,24-,25-,26-,27+/m0/s1. The number of nitrogens with zero attached hydrogens (tertiary/aromatic N) is 1. The summed E-state index contributed by atoms with van der Waals surface area (Å²) in [4.78, 5) is 29.0. The van der Waals surface area contributed by atoms with E-state index in [0.29, 0.717) is 11.7 Å². The Balaban J connectivity index is 1.41. The number of para-hydroxylation sites is 1. The van der Waals surface area contributed by atoms with Crippen LogP contribution in [0.2, 0.25) is 0 Å². The van der Waals surface area contributed by atoms with Crippen molar-refractivity contribution in [2.45, 2.75) is 83.3 Å². The number of thiocarbonyl (C=S) groups is 1. The van der Waals surface area contributed by atoms with Crippen molar-refractivity contribution in [1.82, 2.24) is 4.90 Å². The number of esters is 1. The van der Waals surface area contributed by atoms with Crippen LogP contribution in [0.15, 0.2) is 60.7 Å². The van der Waals surface area contributed by atoms with Gasteiger partial charge in [-0.2, -0.15) is 0 Å². The molecule has 2 heterocycles. The first-order valence-electron chi connectivity index (χ1n) is 13.8. The van der Waals surface area contributed by atoms with E-state index in [0.717, 1.165) is 24.8 Å². The molecular weight excluding hydrogens is 514 g/mol. The predicted octanol–water partition coefficient (Wildman–Crippen LogP) is 6.29. The van der Waals surface area contributed by atoms with Crippen LogP contribution in [0, 0.1) is 17.8 Å². The summed E-state index contributed by atoms with van der Waals surface area (Å²) in [6.07, 6.45) is 3.88. The van der Waals surface area contributed by atoms with Gasteiger partial charge in [0.15, 0.2) is 0 Å². The van der Waals surface area contributed by atoms with Crippen LogP contribution < -0.4 is 4.74 Å². The van der Waals surface area contributed by atoms with Crippen molar-refractivity contribution in [3.05, 3.63) is 66.2 Å². The molecule has 7 nitrogen and oxygen atoms in total. The molecule has 2 bridgehead atoms. The molecule has 208 valence electrons. The van der Waals surface area contributed by atoms with E-state index >= 15 is 0 Å². The van der Waals surface area contributed by atoms with Gasteiger partial charge in [0.2, 0.25) is 0 Å². The molecule has 2 saturated carbocycles. The number of ether oxygens (including phenoxy) is 4. The molecule has 4 fully saturated rings. The molecule has 2 saturated heterocycles. The molecule has 8 heteroatoms. The minimum absolute atomic E-state index is 0.0132. The molecule has 0 radical (unpaired) electrons. The minimum atomic E-state index is -0.831. The molecule has 5 atom stereocenters. The van der Waals surface area contributed by atoms with Crippen molar-refractivity contribution in [2.24, 2.45) is 17.8 Å². The van der Waals surface area contributed by atoms with Gasteiger partial charge in [0, 0.05) is 30.1 Å². The third kappa shape index (κ3) is 6.72. The van der Waals surface area contributed by atoms with Crippen LogP contribution in [0.4, 0.5) is 4.79 Å². The third-order valence-corrected chi connectivity index (χ3v) is 7.92. The molecule has 1 amide bonds. The third-order valence-electron chi connectivity index (χ3n) is 7.75. The first-order chi connectivity index (χ1) is 18.7. The zero-order valence-corrected chi connectivity index (χ0v) is 23.6. The van der Waals surface area contributed by atoms with Crippen molar-refractivity contribution in [3.8, 4) is 5.75 Å². The topological polar surface area (TPSA) is 74.3 Å². The van der Waals surface area contributed by atoms with E-state index in [1.807, 2.05) is 81.4 Å². The highest BCUT2D eigenvalue weighted by atomic mass is 32.1. The van der Waals surface area contributed by atoms with E-state index in [9.17, 15) is 9.59 Å². The van der Waals surface area contributed by atoms with E-state index < -0.39 is 23.7 Å². The minimum Gasteiger partial charge on any atom is -0.459 e. The highest BCUT2D eigenvalue weighted by molar-refractivity contribution is 7.79. The molecular formula is C31H37NO6S. The monoisotopic (exact) mass is 551 g/mol. The van der Waals surface area contributed by atoms with Crippen LogP contribution in [0.5, 0.6) is 5.75 Å². The highest BCUT2D eigenvalue weighted by Gasteiger charge is 2.60. The number of rotatable bonds is 7. The van der Waals surface area contributed by atoms with Gasteiger partial charge in [0.1, 0.15) is 30.1 Å². The normalized spacial score (nSPS) is 26.0. The van der Waals surface area contributed by atoms with Gasteiger partial charge in [-0.15, -0.1) is 0 Å². The zero-order chi connectivity index (χ0) is 27.6. The van der Waals surface area contributed by atoms with E-state index in [-0.39, 0.29) is 35.8 Å². The summed E-state index contributed by atoms with van der Waals surface area (Å²) in [7, 11) is 0. The van der Waals surface area contributed by atoms with Crippen LogP contribution >= 0.6 is 12.2 Å². The number of piperidine rings is 2. The Morgan fingerprint density at radius 3 is 2.26 bits per heavy atom. The molecule has 2 aliphatic carbocycles. The maximum atomic E-state index is 13.7. The molecule has 2 aliphatic heterocycles. The summed E-state index contributed by atoms with van der Waals surface area (Å²) < 4.78 is 23.8. The maximum Gasteiger partial charge on any atom is 0.411 e. The number of hydrogen-bond donors (Lipinski definition) is 0. The average Bonchev–Trinajstić information content (AvgIpc) is 3.72. The van der Waals surface area contributed by atoms with Crippen LogP contribution in [0.25, 0.3) is 0 Å².